The van der Waals surface area contributed by atoms with Gasteiger partial charge in [-0.3, -0.25) is 9.00 Å². The predicted octanol–water partition coefficient (Wildman–Crippen LogP) is 0.821. The minimum absolute atomic E-state index is 0. The lowest BCUT2D eigenvalue weighted by Gasteiger charge is -2.07. The van der Waals surface area contributed by atoms with Crippen molar-refractivity contribution < 1.29 is 9.00 Å². The van der Waals surface area contributed by atoms with E-state index < -0.39 is 16.8 Å². The van der Waals surface area contributed by atoms with E-state index in [-0.39, 0.29) is 18.3 Å². The van der Waals surface area contributed by atoms with Crippen LogP contribution < -0.4 is 11.1 Å². The first-order valence-corrected chi connectivity index (χ1v) is 7.00. The van der Waals surface area contributed by atoms with Crippen LogP contribution in [0.25, 0.3) is 0 Å². The zero-order chi connectivity index (χ0) is 12.7. The fourth-order valence-electron chi connectivity index (χ4n) is 1.28. The van der Waals surface area contributed by atoms with Crippen LogP contribution in [0.1, 0.15) is 12.5 Å². The van der Waals surface area contributed by atoms with Crippen LogP contribution in [0.3, 0.4) is 0 Å². The zero-order valence-electron chi connectivity index (χ0n) is 10.3. The van der Waals surface area contributed by atoms with Crippen molar-refractivity contribution in [3.05, 3.63) is 35.9 Å². The molecule has 1 unspecified atom stereocenters. The Kier molecular flexibility index (Phi) is 8.62. The fourth-order valence-corrected chi connectivity index (χ4v) is 2.32. The number of rotatable bonds is 6. The average Bonchev–Trinajstić information content (AvgIpc) is 2.30. The molecule has 0 aliphatic carbocycles. The number of amides is 1. The van der Waals surface area contributed by atoms with Gasteiger partial charge in [0.25, 0.3) is 0 Å². The Balaban J connectivity index is 0.00000289. The maximum absolute atomic E-state index is 11.7. The van der Waals surface area contributed by atoms with Crippen molar-refractivity contribution in [2.24, 2.45) is 5.73 Å². The van der Waals surface area contributed by atoms with Gasteiger partial charge in [-0.2, -0.15) is 0 Å². The van der Waals surface area contributed by atoms with Crippen LogP contribution in [-0.2, 0) is 21.3 Å². The van der Waals surface area contributed by atoms with Gasteiger partial charge in [0, 0.05) is 28.9 Å². The van der Waals surface area contributed by atoms with E-state index in [0.717, 1.165) is 5.56 Å². The highest BCUT2D eigenvalue weighted by atomic mass is 35.5. The van der Waals surface area contributed by atoms with Crippen LogP contribution in [0, 0.1) is 0 Å². The quantitative estimate of drug-likeness (QED) is 0.815. The summed E-state index contributed by atoms with van der Waals surface area (Å²) in [5.41, 5.74) is 6.43. The molecule has 6 heteroatoms. The molecule has 0 radical (unpaired) electrons. The molecule has 102 valence electrons. The summed E-state index contributed by atoms with van der Waals surface area (Å²) in [6.07, 6.45) is 0. The van der Waals surface area contributed by atoms with E-state index in [1.807, 2.05) is 30.3 Å². The summed E-state index contributed by atoms with van der Waals surface area (Å²) in [6.45, 7) is 2.02. The van der Waals surface area contributed by atoms with Gasteiger partial charge in [-0.05, 0) is 12.5 Å². The molecule has 1 aromatic rings. The van der Waals surface area contributed by atoms with Crippen molar-refractivity contribution in [2.45, 2.75) is 18.7 Å². The Labute approximate surface area is 116 Å². The molecule has 18 heavy (non-hydrogen) atoms. The van der Waals surface area contributed by atoms with Crippen LogP contribution >= 0.6 is 12.4 Å². The molecule has 0 bridgehead atoms. The molecule has 0 aromatic heterocycles. The summed E-state index contributed by atoms with van der Waals surface area (Å²) >= 11 is 0. The second-order valence-corrected chi connectivity index (χ2v) is 5.43. The lowest BCUT2D eigenvalue weighted by atomic mass is 10.2. The monoisotopic (exact) mass is 290 g/mol. The first-order valence-electron chi connectivity index (χ1n) is 5.52. The van der Waals surface area contributed by atoms with E-state index in [0.29, 0.717) is 18.1 Å². The molecular formula is C12H19ClN2O2S. The third-order valence-corrected chi connectivity index (χ3v) is 3.53. The molecule has 4 nitrogen and oxygen atoms in total. The number of carbonyl (C=O) groups is 1. The molecule has 1 rings (SSSR count). The fraction of sp³-hybridized carbons (Fsp3) is 0.417. The standard InChI is InChI=1S/C12H18N2O2S.ClH/c1-10(13)12(15)14-7-8-17(16)9-11-5-3-2-4-6-11;/h2-6,10H,7-9,13H2,1H3,(H,14,15);1H/t10-,17?;/m0./s1. The maximum atomic E-state index is 11.7. The SMILES string of the molecule is C[C@H](N)C(=O)NCCS(=O)Cc1ccccc1.Cl. The molecule has 0 aliphatic heterocycles. The van der Waals surface area contributed by atoms with Crippen LogP contribution in [0.4, 0.5) is 0 Å². The molecule has 3 N–H and O–H groups in total. The summed E-state index contributed by atoms with van der Waals surface area (Å²) < 4.78 is 11.7. The van der Waals surface area contributed by atoms with Crippen LogP contribution in [0.5, 0.6) is 0 Å². The number of nitrogens with one attached hydrogen (secondary N) is 1. The van der Waals surface area contributed by atoms with Gasteiger partial charge in [-0.25, -0.2) is 0 Å². The Bertz CT molecular complexity index is 385. The molecule has 0 saturated heterocycles. The van der Waals surface area contributed by atoms with Crippen molar-refractivity contribution in [1.82, 2.24) is 5.32 Å². The highest BCUT2D eigenvalue weighted by Crippen LogP contribution is 2.02. The highest BCUT2D eigenvalue weighted by Gasteiger charge is 2.07. The molecule has 0 heterocycles. The molecular weight excluding hydrogens is 272 g/mol. The summed E-state index contributed by atoms with van der Waals surface area (Å²) in [7, 11) is -0.956. The summed E-state index contributed by atoms with van der Waals surface area (Å²) in [5.74, 6) is 0.768. The Hall–Kier alpha value is -0.910. The summed E-state index contributed by atoms with van der Waals surface area (Å²) in [4.78, 5) is 11.1. The van der Waals surface area contributed by atoms with Crippen molar-refractivity contribution in [1.29, 1.82) is 0 Å². The lowest BCUT2D eigenvalue weighted by Crippen LogP contribution is -2.39. The number of nitrogens with two attached hydrogens (primary N) is 1. The van der Waals surface area contributed by atoms with E-state index in [1.165, 1.54) is 0 Å². The Morgan fingerprint density at radius 3 is 2.56 bits per heavy atom. The van der Waals surface area contributed by atoms with E-state index >= 15 is 0 Å². The number of carbonyl (C=O) groups excluding carboxylic acids is 1. The van der Waals surface area contributed by atoms with Crippen molar-refractivity contribution in [3.63, 3.8) is 0 Å². The van der Waals surface area contributed by atoms with Gasteiger partial charge >= 0.3 is 0 Å². The molecule has 1 amide bonds. The third kappa shape index (κ3) is 6.74. The minimum Gasteiger partial charge on any atom is -0.354 e. The second-order valence-electron chi connectivity index (χ2n) is 3.85. The summed E-state index contributed by atoms with van der Waals surface area (Å²) in [6, 6.07) is 9.14. The molecule has 2 atom stereocenters. The number of benzene rings is 1. The van der Waals surface area contributed by atoms with Gasteiger partial charge in [0.1, 0.15) is 0 Å². The first kappa shape index (κ1) is 17.1. The topological polar surface area (TPSA) is 72.2 Å². The van der Waals surface area contributed by atoms with Crippen molar-refractivity contribution in [3.8, 4) is 0 Å². The average molecular weight is 291 g/mol. The van der Waals surface area contributed by atoms with Crippen molar-refractivity contribution in [2.75, 3.05) is 12.3 Å². The highest BCUT2D eigenvalue weighted by molar-refractivity contribution is 7.84. The van der Waals surface area contributed by atoms with Gasteiger partial charge in [0.05, 0.1) is 6.04 Å². The van der Waals surface area contributed by atoms with E-state index in [2.05, 4.69) is 5.32 Å². The lowest BCUT2D eigenvalue weighted by molar-refractivity contribution is -0.121. The van der Waals surface area contributed by atoms with Crippen LogP contribution in [-0.4, -0.2) is 28.5 Å². The largest absolute Gasteiger partial charge is 0.354 e. The third-order valence-electron chi connectivity index (χ3n) is 2.21. The number of hydrogen-bond donors (Lipinski definition) is 2. The molecule has 0 saturated carbocycles. The van der Waals surface area contributed by atoms with Crippen molar-refractivity contribution >= 4 is 29.1 Å². The Morgan fingerprint density at radius 2 is 2.00 bits per heavy atom. The van der Waals surface area contributed by atoms with Crippen LogP contribution in [0.2, 0.25) is 0 Å². The molecule has 1 aromatic carbocycles. The van der Waals surface area contributed by atoms with Gasteiger partial charge in [0.2, 0.25) is 5.91 Å². The first-order chi connectivity index (χ1) is 8.09. The van der Waals surface area contributed by atoms with E-state index in [1.54, 1.807) is 6.92 Å². The molecule has 0 aliphatic rings. The smallest absolute Gasteiger partial charge is 0.236 e. The van der Waals surface area contributed by atoms with Gasteiger partial charge in [-0.1, -0.05) is 30.3 Å². The number of hydrogen-bond acceptors (Lipinski definition) is 3. The zero-order valence-corrected chi connectivity index (χ0v) is 11.9. The van der Waals surface area contributed by atoms with Gasteiger partial charge in [-0.15, -0.1) is 12.4 Å². The van der Waals surface area contributed by atoms with Crippen LogP contribution in [0.15, 0.2) is 30.3 Å². The summed E-state index contributed by atoms with van der Waals surface area (Å²) in [5, 5.41) is 2.64. The molecule has 0 fully saturated rings. The normalized spacial score (nSPS) is 13.2. The maximum Gasteiger partial charge on any atom is 0.236 e. The van der Waals surface area contributed by atoms with E-state index in [9.17, 15) is 9.00 Å². The number of halogens is 1. The van der Waals surface area contributed by atoms with E-state index in [4.69, 9.17) is 5.73 Å². The van der Waals surface area contributed by atoms with Gasteiger partial charge in [0.15, 0.2) is 0 Å². The molecule has 0 spiro atoms. The van der Waals surface area contributed by atoms with Gasteiger partial charge < -0.3 is 11.1 Å². The second kappa shape index (κ2) is 9.08. The Morgan fingerprint density at radius 1 is 1.39 bits per heavy atom. The minimum atomic E-state index is -0.956. The predicted molar refractivity (Wildman–Crippen MR) is 77.1 cm³/mol.